The van der Waals surface area contributed by atoms with Gasteiger partial charge in [0.05, 0.1) is 0 Å². The lowest BCUT2D eigenvalue weighted by molar-refractivity contribution is -0.0923. The average Bonchev–Trinajstić information content (AvgIpc) is 1.61. The third kappa shape index (κ3) is 2.24. The molecule has 0 bridgehead atoms. The second-order valence-corrected chi connectivity index (χ2v) is 3.52. The van der Waals surface area contributed by atoms with Crippen molar-refractivity contribution < 1.29 is 8.78 Å². The molecule has 0 rings (SSSR count). The van der Waals surface area contributed by atoms with Crippen molar-refractivity contribution in [2.24, 2.45) is 5.41 Å². The summed E-state index contributed by atoms with van der Waals surface area (Å²) in [6, 6.07) is 0. The highest BCUT2D eigenvalue weighted by Crippen LogP contribution is 2.39. The molecule has 0 spiro atoms. The summed E-state index contributed by atoms with van der Waals surface area (Å²) in [5.41, 5.74) is -0.845. The topological polar surface area (TPSA) is 0 Å². The lowest BCUT2D eigenvalue weighted by atomic mass is 9.82. The van der Waals surface area contributed by atoms with Crippen LogP contribution in [0.25, 0.3) is 0 Å². The van der Waals surface area contributed by atoms with E-state index >= 15 is 0 Å². The number of halogens is 2. The van der Waals surface area contributed by atoms with Crippen LogP contribution < -0.4 is 0 Å². The SMILES string of the molecule is CCCC(C)(C)C(C)(F)F. The fraction of sp³-hybridized carbons (Fsp3) is 1.00. The highest BCUT2D eigenvalue weighted by atomic mass is 19.3. The zero-order valence-corrected chi connectivity index (χ0v) is 7.17. The molecule has 0 radical (unpaired) electrons. The quantitative estimate of drug-likeness (QED) is 0.578. The molecule has 62 valence electrons. The van der Waals surface area contributed by atoms with Gasteiger partial charge < -0.3 is 0 Å². The second-order valence-electron chi connectivity index (χ2n) is 3.52. The molecule has 0 saturated carbocycles. The van der Waals surface area contributed by atoms with E-state index < -0.39 is 11.3 Å². The molecule has 0 heterocycles. The van der Waals surface area contributed by atoms with Gasteiger partial charge in [0.15, 0.2) is 0 Å². The molecule has 0 aromatic heterocycles. The molecule has 0 aliphatic heterocycles. The smallest absolute Gasteiger partial charge is 0.207 e. The minimum Gasteiger partial charge on any atom is -0.207 e. The van der Waals surface area contributed by atoms with Crippen LogP contribution in [-0.4, -0.2) is 5.92 Å². The van der Waals surface area contributed by atoms with Gasteiger partial charge in [-0.3, -0.25) is 0 Å². The van der Waals surface area contributed by atoms with Crippen LogP contribution >= 0.6 is 0 Å². The molecule has 0 fully saturated rings. The second kappa shape index (κ2) is 2.85. The van der Waals surface area contributed by atoms with Crippen LogP contribution in [0.4, 0.5) is 8.78 Å². The van der Waals surface area contributed by atoms with Crippen LogP contribution in [0.1, 0.15) is 40.5 Å². The van der Waals surface area contributed by atoms with Crippen LogP contribution in [0.2, 0.25) is 0 Å². The number of rotatable bonds is 3. The number of hydrogen-bond acceptors (Lipinski definition) is 0. The molecular weight excluding hydrogens is 134 g/mol. The molecule has 2 heteroatoms. The molecule has 0 N–H and O–H groups in total. The molecule has 0 aliphatic rings. The molecule has 0 atom stereocenters. The third-order valence-electron chi connectivity index (χ3n) is 2.06. The van der Waals surface area contributed by atoms with Crippen LogP contribution in [0.5, 0.6) is 0 Å². The third-order valence-corrected chi connectivity index (χ3v) is 2.06. The van der Waals surface area contributed by atoms with Crippen LogP contribution in [0, 0.1) is 5.41 Å². The van der Waals surface area contributed by atoms with Gasteiger partial charge >= 0.3 is 0 Å². The Morgan fingerprint density at radius 3 is 1.60 bits per heavy atom. The Labute approximate surface area is 61.6 Å². The van der Waals surface area contributed by atoms with Crippen molar-refractivity contribution in [1.82, 2.24) is 0 Å². The number of hydrogen-bond donors (Lipinski definition) is 0. The van der Waals surface area contributed by atoms with Gasteiger partial charge in [-0.15, -0.1) is 0 Å². The standard InChI is InChI=1S/C8H16F2/c1-5-6-7(2,3)8(4,9)10/h5-6H2,1-4H3. The van der Waals surface area contributed by atoms with Crippen molar-refractivity contribution in [3.63, 3.8) is 0 Å². The Balaban J connectivity index is 4.10. The van der Waals surface area contributed by atoms with Crippen molar-refractivity contribution >= 4 is 0 Å². The largest absolute Gasteiger partial charge is 0.250 e. The molecule has 0 aromatic rings. The fourth-order valence-electron chi connectivity index (χ4n) is 0.844. The first-order valence-corrected chi connectivity index (χ1v) is 3.69. The summed E-state index contributed by atoms with van der Waals surface area (Å²) in [6.45, 7) is 6.13. The predicted octanol–water partition coefficient (Wildman–Crippen LogP) is 3.47. The van der Waals surface area contributed by atoms with Gasteiger partial charge in [-0.2, -0.15) is 0 Å². The molecule has 0 aromatic carbocycles. The predicted molar refractivity (Wildman–Crippen MR) is 39.3 cm³/mol. The van der Waals surface area contributed by atoms with Gasteiger partial charge in [0.2, 0.25) is 5.92 Å². The van der Waals surface area contributed by atoms with E-state index in [1.54, 1.807) is 13.8 Å². The van der Waals surface area contributed by atoms with Crippen molar-refractivity contribution in [2.75, 3.05) is 0 Å². The summed E-state index contributed by atoms with van der Waals surface area (Å²) >= 11 is 0. The molecule has 0 saturated heterocycles. The Hall–Kier alpha value is -0.140. The molecule has 10 heavy (non-hydrogen) atoms. The van der Waals surface area contributed by atoms with E-state index in [0.29, 0.717) is 6.42 Å². The van der Waals surface area contributed by atoms with Crippen molar-refractivity contribution in [3.8, 4) is 0 Å². The molecular formula is C8H16F2. The van der Waals surface area contributed by atoms with E-state index in [2.05, 4.69) is 0 Å². The first-order chi connectivity index (χ1) is 4.31. The first kappa shape index (κ1) is 9.86. The van der Waals surface area contributed by atoms with Crippen LogP contribution in [-0.2, 0) is 0 Å². The van der Waals surface area contributed by atoms with Gasteiger partial charge in [-0.05, 0) is 13.3 Å². The molecule has 0 aliphatic carbocycles. The van der Waals surface area contributed by atoms with Crippen molar-refractivity contribution in [2.45, 2.75) is 46.5 Å². The summed E-state index contributed by atoms with van der Waals surface area (Å²) in [5.74, 6) is -2.55. The zero-order chi connectivity index (χ0) is 8.41. The molecule has 0 nitrogen and oxygen atoms in total. The Morgan fingerprint density at radius 2 is 1.50 bits per heavy atom. The first-order valence-electron chi connectivity index (χ1n) is 3.69. The lowest BCUT2D eigenvalue weighted by Crippen LogP contribution is -2.32. The molecule has 0 unspecified atom stereocenters. The van der Waals surface area contributed by atoms with Crippen LogP contribution in [0.15, 0.2) is 0 Å². The minimum absolute atomic E-state index is 0.580. The monoisotopic (exact) mass is 150 g/mol. The summed E-state index contributed by atoms with van der Waals surface area (Å²) in [5, 5.41) is 0. The normalized spacial score (nSPS) is 13.8. The van der Waals surface area contributed by atoms with E-state index in [1.807, 2.05) is 6.92 Å². The van der Waals surface area contributed by atoms with Gasteiger partial charge in [-0.25, -0.2) is 8.78 Å². The van der Waals surface area contributed by atoms with E-state index in [4.69, 9.17) is 0 Å². The highest BCUT2D eigenvalue weighted by Gasteiger charge is 2.40. The maximum absolute atomic E-state index is 12.7. The maximum atomic E-state index is 12.7. The zero-order valence-electron chi connectivity index (χ0n) is 7.17. The summed E-state index contributed by atoms with van der Waals surface area (Å²) in [4.78, 5) is 0. The van der Waals surface area contributed by atoms with Gasteiger partial charge in [-0.1, -0.05) is 27.2 Å². The highest BCUT2D eigenvalue weighted by molar-refractivity contribution is 4.80. The van der Waals surface area contributed by atoms with Gasteiger partial charge in [0.1, 0.15) is 0 Å². The summed E-state index contributed by atoms with van der Waals surface area (Å²) in [7, 11) is 0. The van der Waals surface area contributed by atoms with Gasteiger partial charge in [0, 0.05) is 5.41 Å². The van der Waals surface area contributed by atoms with E-state index in [-0.39, 0.29) is 0 Å². The Morgan fingerprint density at radius 1 is 1.10 bits per heavy atom. The maximum Gasteiger partial charge on any atom is 0.250 e. The Bertz CT molecular complexity index is 100. The van der Waals surface area contributed by atoms with Gasteiger partial charge in [0.25, 0.3) is 0 Å². The van der Waals surface area contributed by atoms with Crippen molar-refractivity contribution in [3.05, 3.63) is 0 Å². The van der Waals surface area contributed by atoms with E-state index in [1.165, 1.54) is 0 Å². The molecule has 0 amide bonds. The van der Waals surface area contributed by atoms with Crippen molar-refractivity contribution in [1.29, 1.82) is 0 Å². The lowest BCUT2D eigenvalue weighted by Gasteiger charge is -2.30. The minimum atomic E-state index is -2.55. The average molecular weight is 150 g/mol. The van der Waals surface area contributed by atoms with E-state index in [0.717, 1.165) is 13.3 Å². The van der Waals surface area contributed by atoms with E-state index in [9.17, 15) is 8.78 Å². The van der Waals surface area contributed by atoms with Crippen LogP contribution in [0.3, 0.4) is 0 Å². The Kier molecular flexibility index (Phi) is 2.81. The fourth-order valence-corrected chi connectivity index (χ4v) is 0.844. The summed E-state index contributed by atoms with van der Waals surface area (Å²) in [6.07, 6.45) is 1.40. The number of alkyl halides is 2. The summed E-state index contributed by atoms with van der Waals surface area (Å²) < 4.78 is 25.4.